The van der Waals surface area contributed by atoms with Gasteiger partial charge in [-0.05, 0) is 62.6 Å². The smallest absolute Gasteiger partial charge is 0.380 e. The number of ketones is 5. The van der Waals surface area contributed by atoms with Gasteiger partial charge in [0.1, 0.15) is 5.69 Å². The lowest BCUT2D eigenvalue weighted by atomic mass is 10.0. The van der Waals surface area contributed by atoms with Crippen LogP contribution in [0.2, 0.25) is 0 Å². The van der Waals surface area contributed by atoms with Gasteiger partial charge in [0.2, 0.25) is 17.3 Å². The quantitative estimate of drug-likeness (QED) is 0.0885. The summed E-state index contributed by atoms with van der Waals surface area (Å²) in [4.78, 5) is 108. The Hall–Kier alpha value is -6.37. The molecular weight excluding hydrogens is 748 g/mol. The van der Waals surface area contributed by atoms with Gasteiger partial charge in [-0.1, -0.05) is 43.2 Å². The Morgan fingerprint density at radius 1 is 0.782 bits per heavy atom. The number of thiazole rings is 1. The number of nitrogen functional groups attached to an aromatic ring is 1. The number of nitrogens with zero attached hydrogens (tertiary/aromatic N) is 1. The largest absolute Gasteiger partial charge is 0.476 e. The monoisotopic (exact) mass is 788 g/mol. The molecule has 0 aliphatic heterocycles. The van der Waals surface area contributed by atoms with Gasteiger partial charge in [0, 0.05) is 24.1 Å². The van der Waals surface area contributed by atoms with Crippen molar-refractivity contribution >= 4 is 75.2 Å². The Morgan fingerprint density at radius 3 is 1.80 bits per heavy atom. The predicted octanol–water partition coefficient (Wildman–Crippen LogP) is 3.56. The number of hydrogen-bond acceptors (Lipinski definition) is 15. The van der Waals surface area contributed by atoms with Crippen LogP contribution in [-0.4, -0.2) is 90.8 Å². The van der Waals surface area contributed by atoms with E-state index < -0.39 is 53.0 Å². The first kappa shape index (κ1) is 46.7. The van der Waals surface area contributed by atoms with Crippen molar-refractivity contribution in [2.75, 3.05) is 12.3 Å². The van der Waals surface area contributed by atoms with E-state index in [4.69, 9.17) is 26.2 Å². The second kappa shape index (κ2) is 24.8. The first-order chi connectivity index (χ1) is 26.0. The number of aliphatic carboxylic acids is 4. The van der Waals surface area contributed by atoms with Gasteiger partial charge in [-0.2, -0.15) is 0 Å². The van der Waals surface area contributed by atoms with Crippen LogP contribution in [0.1, 0.15) is 84.9 Å². The number of carboxylic acid groups (broad SMARTS) is 4. The van der Waals surface area contributed by atoms with Crippen molar-refractivity contribution < 1.29 is 77.5 Å². The normalized spacial score (nSPS) is 12.5. The molecule has 0 bridgehead atoms. The van der Waals surface area contributed by atoms with Gasteiger partial charge >= 0.3 is 35.6 Å². The van der Waals surface area contributed by atoms with Crippen LogP contribution in [0.5, 0.6) is 0 Å². The van der Waals surface area contributed by atoms with Crippen molar-refractivity contribution in [3.05, 3.63) is 71.1 Å². The molecule has 0 amide bonds. The number of benzene rings is 1. The number of carbonyl (C=O) groups excluding carboxylic acids is 6. The summed E-state index contributed by atoms with van der Waals surface area (Å²) in [6.45, 7) is 2.00. The molecule has 0 radical (unpaired) electrons. The summed E-state index contributed by atoms with van der Waals surface area (Å²) in [5, 5.41) is 34.3. The minimum atomic E-state index is -1.52. The van der Waals surface area contributed by atoms with Crippen LogP contribution in [0.3, 0.4) is 0 Å². The van der Waals surface area contributed by atoms with Gasteiger partial charge in [-0.25, -0.2) is 29.0 Å². The summed E-state index contributed by atoms with van der Waals surface area (Å²) in [7, 11) is 0. The number of hydrogen-bond donors (Lipinski definition) is 5. The SMILES string of the molecule is CCOC(=O)C(=O)C1CCCC1.Nc1nc(C(=O)C(=O)O)cs1.O=C(O)C(=O)CC1CC1.O=C(O)C(=O)CCc1ccccc1.O=C(O)C(=O)c1ccco1. The van der Waals surface area contributed by atoms with Gasteiger partial charge in [0.05, 0.1) is 12.9 Å². The fourth-order valence-electron chi connectivity index (χ4n) is 4.25. The van der Waals surface area contributed by atoms with Crippen molar-refractivity contribution in [2.24, 2.45) is 11.8 Å². The number of esters is 1. The van der Waals surface area contributed by atoms with Gasteiger partial charge in [0.15, 0.2) is 10.9 Å². The minimum absolute atomic E-state index is 0.0518. The maximum atomic E-state index is 11.3. The summed E-state index contributed by atoms with van der Waals surface area (Å²) in [6.07, 6.45) is 7.95. The minimum Gasteiger partial charge on any atom is -0.476 e. The molecule has 0 atom stereocenters. The molecule has 19 heteroatoms. The molecule has 0 saturated heterocycles. The van der Waals surface area contributed by atoms with Gasteiger partial charge in [-0.15, -0.1) is 11.3 Å². The van der Waals surface area contributed by atoms with Crippen LogP contribution >= 0.6 is 11.3 Å². The number of anilines is 1. The zero-order valence-corrected chi connectivity index (χ0v) is 30.4. The lowest BCUT2D eigenvalue weighted by molar-refractivity contribution is -0.155. The molecule has 55 heavy (non-hydrogen) atoms. The van der Waals surface area contributed by atoms with Gasteiger partial charge in [-0.3, -0.25) is 24.0 Å². The molecule has 2 aliphatic carbocycles. The maximum Gasteiger partial charge on any atom is 0.380 e. The number of nitrogens with two attached hydrogens (primary N) is 1. The third kappa shape index (κ3) is 19.3. The second-order valence-electron chi connectivity index (χ2n) is 11.5. The highest BCUT2D eigenvalue weighted by molar-refractivity contribution is 7.13. The van der Waals surface area contributed by atoms with E-state index >= 15 is 0 Å². The van der Waals surface area contributed by atoms with E-state index in [0.717, 1.165) is 55.4 Å². The number of aromatic nitrogens is 1. The molecule has 0 unspecified atom stereocenters. The fraction of sp³-hybridized carbons (Fsp3) is 0.361. The van der Waals surface area contributed by atoms with E-state index in [-0.39, 0.29) is 47.7 Å². The van der Waals surface area contributed by atoms with Crippen LogP contribution in [-0.2, 0) is 49.5 Å². The Labute approximate surface area is 317 Å². The molecule has 3 aromatic rings. The lowest BCUT2D eigenvalue weighted by Crippen LogP contribution is -2.23. The molecule has 296 valence electrons. The predicted molar refractivity (Wildman–Crippen MR) is 190 cm³/mol. The highest BCUT2D eigenvalue weighted by Crippen LogP contribution is 2.32. The summed E-state index contributed by atoms with van der Waals surface area (Å²) in [6, 6.07) is 12.1. The second-order valence-corrected chi connectivity index (χ2v) is 12.4. The Kier molecular flexibility index (Phi) is 21.0. The molecule has 5 rings (SSSR count). The van der Waals surface area contributed by atoms with E-state index in [1.807, 2.05) is 30.3 Å². The van der Waals surface area contributed by atoms with Crippen LogP contribution in [0.4, 0.5) is 5.13 Å². The number of carboxylic acids is 4. The first-order valence-electron chi connectivity index (χ1n) is 16.5. The topological polar surface area (TPSA) is 313 Å². The number of rotatable bonds is 14. The molecule has 2 aromatic heterocycles. The molecule has 0 spiro atoms. The number of ether oxygens (including phenoxy) is 1. The van der Waals surface area contributed by atoms with E-state index in [1.54, 1.807) is 6.92 Å². The highest BCUT2D eigenvalue weighted by atomic mass is 32.1. The molecular formula is C36H40N2O16S. The van der Waals surface area contributed by atoms with Crippen molar-refractivity contribution in [1.82, 2.24) is 4.98 Å². The van der Waals surface area contributed by atoms with Crippen LogP contribution in [0.15, 0.2) is 58.5 Å². The van der Waals surface area contributed by atoms with Crippen molar-refractivity contribution in [3.8, 4) is 0 Å². The standard InChI is InChI=1S/C10H10O3.C9H14O3.C6H4O4.C6H8O3.C5H4N2O3S/c11-9(10(12)13)7-6-8-4-2-1-3-5-8;1-2-12-9(11)8(10)7-5-3-4-6-7;7-5(6(8)9)4-2-1-3-10-4;7-5(6(8)9)3-4-1-2-4;6-5-7-2(1-11-5)3(8)4(9)10/h1-5H,6-7H2,(H,12,13);7H,2-6H2,1H3;1-3H,(H,8,9);4H,1-3H2,(H,8,9);1H,(H2,6,7)(H,9,10). The summed E-state index contributed by atoms with van der Waals surface area (Å²) in [5.41, 5.74) is 6.05. The average Bonchev–Trinajstić information content (AvgIpc) is 3.55. The summed E-state index contributed by atoms with van der Waals surface area (Å²) in [5.74, 6) is -9.88. The zero-order valence-electron chi connectivity index (χ0n) is 29.5. The maximum absolute atomic E-state index is 11.3. The Balaban J connectivity index is 0.000000346. The molecule has 2 heterocycles. The third-order valence-corrected chi connectivity index (χ3v) is 7.90. The van der Waals surface area contributed by atoms with Gasteiger partial charge < -0.3 is 35.3 Å². The Morgan fingerprint density at radius 2 is 1.36 bits per heavy atom. The van der Waals surface area contributed by atoms with E-state index in [9.17, 15) is 47.9 Å². The number of Topliss-reactive ketones (excluding diaryl/α,β-unsaturated/α-hetero) is 5. The molecule has 1 aromatic carbocycles. The number of aryl methyl sites for hydroxylation is 1. The summed E-state index contributed by atoms with van der Waals surface area (Å²) >= 11 is 1.03. The van der Waals surface area contributed by atoms with E-state index in [1.165, 1.54) is 23.8 Å². The summed E-state index contributed by atoms with van der Waals surface area (Å²) < 4.78 is 9.15. The van der Waals surface area contributed by atoms with Crippen molar-refractivity contribution in [1.29, 1.82) is 0 Å². The third-order valence-electron chi connectivity index (χ3n) is 7.22. The van der Waals surface area contributed by atoms with Crippen LogP contribution in [0.25, 0.3) is 0 Å². The van der Waals surface area contributed by atoms with Gasteiger partial charge in [0.25, 0.3) is 5.78 Å². The average molecular weight is 789 g/mol. The zero-order chi connectivity index (χ0) is 41.5. The highest BCUT2D eigenvalue weighted by Gasteiger charge is 2.29. The molecule has 18 nitrogen and oxygen atoms in total. The van der Waals surface area contributed by atoms with Crippen LogP contribution < -0.4 is 5.73 Å². The molecule has 2 saturated carbocycles. The van der Waals surface area contributed by atoms with Crippen molar-refractivity contribution in [2.45, 2.75) is 64.7 Å². The van der Waals surface area contributed by atoms with E-state index in [2.05, 4.69) is 14.1 Å². The van der Waals surface area contributed by atoms with Crippen LogP contribution in [0, 0.1) is 11.8 Å². The number of carbonyl (C=O) groups is 10. The lowest BCUT2D eigenvalue weighted by Gasteiger charge is -2.05. The Bertz CT molecular complexity index is 1790. The molecule has 6 N–H and O–H groups in total. The first-order valence-corrected chi connectivity index (χ1v) is 17.4. The molecule has 2 fully saturated rings. The van der Waals surface area contributed by atoms with Crippen molar-refractivity contribution in [3.63, 3.8) is 0 Å². The fourth-order valence-corrected chi connectivity index (χ4v) is 4.80. The number of furan rings is 1. The molecule has 2 aliphatic rings. The van der Waals surface area contributed by atoms with E-state index in [0.29, 0.717) is 12.3 Å².